The Labute approximate surface area is 135 Å². The molecule has 0 bridgehead atoms. The van der Waals surface area contributed by atoms with Gasteiger partial charge in [0, 0.05) is 16.8 Å². The zero-order valence-electron chi connectivity index (χ0n) is 12.8. The van der Waals surface area contributed by atoms with Gasteiger partial charge in [-0.15, -0.1) is 0 Å². The van der Waals surface area contributed by atoms with E-state index in [0.717, 1.165) is 11.3 Å². The lowest BCUT2D eigenvalue weighted by Crippen LogP contribution is -2.32. The third-order valence-corrected chi connectivity index (χ3v) is 3.70. The van der Waals surface area contributed by atoms with E-state index in [9.17, 15) is 4.79 Å². The number of halogens is 1. The predicted octanol–water partition coefficient (Wildman–Crippen LogP) is 4.10. The quantitative estimate of drug-likeness (QED) is 0.872. The van der Waals surface area contributed by atoms with Crippen LogP contribution >= 0.6 is 11.6 Å². The van der Waals surface area contributed by atoms with Crippen LogP contribution in [0.4, 0.5) is 11.4 Å². The molecule has 1 amide bonds. The maximum atomic E-state index is 12.3. The number of benzene rings is 2. The Hall–Kier alpha value is -2.20. The number of aryl methyl sites for hydroxylation is 1. The fourth-order valence-electron chi connectivity index (χ4n) is 2.02. The normalized spacial score (nSPS) is 11.6. The van der Waals surface area contributed by atoms with Gasteiger partial charge >= 0.3 is 0 Å². The number of carbonyl (C=O) groups excluding carboxylic acids is 1. The summed E-state index contributed by atoms with van der Waals surface area (Å²) in [4.78, 5) is 12.3. The summed E-state index contributed by atoms with van der Waals surface area (Å²) >= 11 is 6.07. The predicted molar refractivity (Wildman–Crippen MR) is 90.9 cm³/mol. The summed E-state index contributed by atoms with van der Waals surface area (Å²) in [6.07, 6.45) is 0. The third kappa shape index (κ3) is 3.92. The number of nitrogens with one attached hydrogen (secondary N) is 2. The van der Waals surface area contributed by atoms with Crippen LogP contribution in [0.1, 0.15) is 12.5 Å². The van der Waals surface area contributed by atoms with Crippen molar-refractivity contribution in [2.24, 2.45) is 0 Å². The van der Waals surface area contributed by atoms with Crippen LogP contribution in [0.2, 0.25) is 5.02 Å². The fraction of sp³-hybridized carbons (Fsp3) is 0.235. The van der Waals surface area contributed by atoms with Gasteiger partial charge in [-0.3, -0.25) is 4.79 Å². The first-order valence-electron chi connectivity index (χ1n) is 6.98. The zero-order valence-corrected chi connectivity index (χ0v) is 13.6. The molecule has 2 aromatic rings. The molecule has 0 saturated heterocycles. The molecule has 2 aromatic carbocycles. The van der Waals surface area contributed by atoms with Crippen LogP contribution in [0.5, 0.6) is 5.75 Å². The van der Waals surface area contributed by atoms with E-state index in [1.807, 2.05) is 37.3 Å². The Balaban J connectivity index is 2.10. The van der Waals surface area contributed by atoms with Crippen molar-refractivity contribution in [3.05, 3.63) is 53.1 Å². The molecule has 0 aromatic heterocycles. The third-order valence-electron chi connectivity index (χ3n) is 3.29. The van der Waals surface area contributed by atoms with Gasteiger partial charge < -0.3 is 15.4 Å². The highest BCUT2D eigenvalue weighted by Gasteiger charge is 2.15. The Morgan fingerprint density at radius 1 is 1.23 bits per heavy atom. The maximum absolute atomic E-state index is 12.3. The number of carbonyl (C=O) groups is 1. The van der Waals surface area contributed by atoms with Gasteiger partial charge in [0.2, 0.25) is 5.91 Å². The average Bonchev–Trinajstić information content (AvgIpc) is 2.51. The summed E-state index contributed by atoms with van der Waals surface area (Å²) in [7, 11) is 1.54. The van der Waals surface area contributed by atoms with Gasteiger partial charge in [-0.05, 0) is 37.6 Å². The van der Waals surface area contributed by atoms with Gasteiger partial charge in [-0.2, -0.15) is 0 Å². The molecule has 2 rings (SSSR count). The Kier molecular flexibility index (Phi) is 5.28. The van der Waals surface area contributed by atoms with E-state index < -0.39 is 0 Å². The number of amides is 1. The second-order valence-electron chi connectivity index (χ2n) is 5.02. The molecule has 1 unspecified atom stereocenters. The molecule has 116 valence electrons. The van der Waals surface area contributed by atoms with E-state index in [-0.39, 0.29) is 11.9 Å². The molecule has 0 fully saturated rings. The summed E-state index contributed by atoms with van der Waals surface area (Å²) < 4.78 is 5.26. The van der Waals surface area contributed by atoms with E-state index in [0.29, 0.717) is 16.5 Å². The first kappa shape index (κ1) is 16.2. The van der Waals surface area contributed by atoms with Crippen molar-refractivity contribution in [2.75, 3.05) is 17.7 Å². The van der Waals surface area contributed by atoms with Gasteiger partial charge in [0.15, 0.2) is 0 Å². The summed E-state index contributed by atoms with van der Waals surface area (Å²) in [5.41, 5.74) is 2.38. The molecule has 0 aliphatic carbocycles. The zero-order chi connectivity index (χ0) is 16.1. The SMILES string of the molecule is COc1cc(Cl)c(C)cc1NC(=O)C(C)Nc1ccccc1. The molecule has 0 aliphatic rings. The molecule has 2 N–H and O–H groups in total. The van der Waals surface area contributed by atoms with Crippen LogP contribution in [-0.4, -0.2) is 19.1 Å². The molecule has 22 heavy (non-hydrogen) atoms. The molecular weight excluding hydrogens is 300 g/mol. The smallest absolute Gasteiger partial charge is 0.246 e. The van der Waals surface area contributed by atoms with Gasteiger partial charge in [0.1, 0.15) is 11.8 Å². The van der Waals surface area contributed by atoms with Crippen LogP contribution in [-0.2, 0) is 4.79 Å². The molecular formula is C17H19ClN2O2. The van der Waals surface area contributed by atoms with Gasteiger partial charge in [-0.1, -0.05) is 29.8 Å². The fourth-order valence-corrected chi connectivity index (χ4v) is 2.17. The van der Waals surface area contributed by atoms with Crippen molar-refractivity contribution in [3.63, 3.8) is 0 Å². The van der Waals surface area contributed by atoms with E-state index in [4.69, 9.17) is 16.3 Å². The second-order valence-corrected chi connectivity index (χ2v) is 5.43. The topological polar surface area (TPSA) is 50.4 Å². The van der Waals surface area contributed by atoms with Gasteiger partial charge in [0.25, 0.3) is 0 Å². The number of anilines is 2. The number of methoxy groups -OCH3 is 1. The van der Waals surface area contributed by atoms with Crippen molar-refractivity contribution in [1.82, 2.24) is 0 Å². The van der Waals surface area contributed by atoms with Crippen LogP contribution < -0.4 is 15.4 Å². The van der Waals surface area contributed by atoms with Crippen molar-refractivity contribution in [2.45, 2.75) is 19.9 Å². The molecule has 4 nitrogen and oxygen atoms in total. The van der Waals surface area contributed by atoms with Crippen molar-refractivity contribution in [1.29, 1.82) is 0 Å². The number of hydrogen-bond donors (Lipinski definition) is 2. The van der Waals surface area contributed by atoms with Crippen LogP contribution in [0.25, 0.3) is 0 Å². The average molecular weight is 319 g/mol. The Bertz CT molecular complexity index is 659. The van der Waals surface area contributed by atoms with E-state index in [2.05, 4.69) is 10.6 Å². The lowest BCUT2D eigenvalue weighted by atomic mass is 10.2. The first-order valence-corrected chi connectivity index (χ1v) is 7.35. The van der Waals surface area contributed by atoms with Gasteiger partial charge in [0.05, 0.1) is 12.8 Å². The van der Waals surface area contributed by atoms with E-state index in [1.54, 1.807) is 26.2 Å². The standard InChI is InChI=1S/C17H19ClN2O2/c1-11-9-15(16(22-3)10-14(11)18)20-17(21)12(2)19-13-7-5-4-6-8-13/h4-10,12,19H,1-3H3,(H,20,21). The van der Waals surface area contributed by atoms with E-state index >= 15 is 0 Å². The highest BCUT2D eigenvalue weighted by atomic mass is 35.5. The summed E-state index contributed by atoms with van der Waals surface area (Å²) in [6, 6.07) is 12.7. The first-order chi connectivity index (χ1) is 10.5. The molecule has 0 radical (unpaired) electrons. The highest BCUT2D eigenvalue weighted by Crippen LogP contribution is 2.31. The number of rotatable bonds is 5. The summed E-state index contributed by atoms with van der Waals surface area (Å²) in [5.74, 6) is 0.389. The minimum absolute atomic E-state index is 0.149. The molecule has 5 heteroatoms. The van der Waals surface area contributed by atoms with Crippen LogP contribution in [0, 0.1) is 6.92 Å². The number of hydrogen-bond acceptors (Lipinski definition) is 3. The molecule has 1 atom stereocenters. The molecule has 0 aliphatic heterocycles. The monoisotopic (exact) mass is 318 g/mol. The van der Waals surface area contributed by atoms with E-state index in [1.165, 1.54) is 0 Å². The number of ether oxygens (including phenoxy) is 1. The minimum atomic E-state index is -0.386. The molecule has 0 spiro atoms. The lowest BCUT2D eigenvalue weighted by Gasteiger charge is -2.17. The largest absolute Gasteiger partial charge is 0.495 e. The summed E-state index contributed by atoms with van der Waals surface area (Å²) in [5, 5.41) is 6.61. The van der Waals surface area contributed by atoms with Crippen LogP contribution in [0.3, 0.4) is 0 Å². The molecule has 0 saturated carbocycles. The maximum Gasteiger partial charge on any atom is 0.246 e. The Morgan fingerprint density at radius 3 is 2.55 bits per heavy atom. The van der Waals surface area contributed by atoms with Gasteiger partial charge in [-0.25, -0.2) is 0 Å². The highest BCUT2D eigenvalue weighted by molar-refractivity contribution is 6.31. The molecule has 0 heterocycles. The summed E-state index contributed by atoms with van der Waals surface area (Å²) in [6.45, 7) is 3.68. The number of para-hydroxylation sites is 1. The second kappa shape index (κ2) is 7.18. The minimum Gasteiger partial charge on any atom is -0.495 e. The van der Waals surface area contributed by atoms with Crippen molar-refractivity contribution in [3.8, 4) is 5.75 Å². The lowest BCUT2D eigenvalue weighted by molar-refractivity contribution is -0.116. The van der Waals surface area contributed by atoms with Crippen molar-refractivity contribution >= 4 is 28.9 Å². The Morgan fingerprint density at radius 2 is 1.91 bits per heavy atom. The van der Waals surface area contributed by atoms with Crippen LogP contribution in [0.15, 0.2) is 42.5 Å². The van der Waals surface area contributed by atoms with Crippen molar-refractivity contribution < 1.29 is 9.53 Å².